The highest BCUT2D eigenvalue weighted by molar-refractivity contribution is 8.77. The lowest BCUT2D eigenvalue weighted by atomic mass is 10.1. The van der Waals surface area contributed by atoms with E-state index in [2.05, 4.69) is 30.4 Å². The zero-order valence-corrected chi connectivity index (χ0v) is 14.0. The van der Waals surface area contributed by atoms with Crippen LogP contribution in [0.25, 0.3) is 0 Å². The molecule has 1 aliphatic heterocycles. The Labute approximate surface area is 114 Å². The third-order valence-electron chi connectivity index (χ3n) is 3.36. The van der Waals surface area contributed by atoms with Gasteiger partial charge in [0, 0.05) is 25.5 Å². The fourth-order valence-electron chi connectivity index (χ4n) is 2.36. The van der Waals surface area contributed by atoms with Crippen LogP contribution in [0.3, 0.4) is 0 Å². The summed E-state index contributed by atoms with van der Waals surface area (Å²) in [5, 5.41) is 0.823. The van der Waals surface area contributed by atoms with E-state index in [1.165, 1.54) is 25.7 Å². The second-order valence-electron chi connectivity index (χ2n) is 5.69. The van der Waals surface area contributed by atoms with Gasteiger partial charge in [0.1, 0.15) is 0 Å². The minimum Gasteiger partial charge on any atom is -0.469 e. The third-order valence-corrected chi connectivity index (χ3v) is 9.52. The maximum absolute atomic E-state index is 11.1. The van der Waals surface area contributed by atoms with Crippen LogP contribution in [0.15, 0.2) is 0 Å². The number of hydrogen-bond acceptors (Lipinski definition) is 4. The van der Waals surface area contributed by atoms with E-state index in [1.54, 1.807) is 0 Å². The largest absolute Gasteiger partial charge is 0.469 e. The summed E-state index contributed by atoms with van der Waals surface area (Å²) in [6, 6.07) is 0. The smallest absolute Gasteiger partial charge is 0.305 e. The van der Waals surface area contributed by atoms with Crippen LogP contribution in [0, 0.1) is 0 Å². The van der Waals surface area contributed by atoms with E-state index in [1.807, 2.05) is 10.8 Å². The number of esters is 1. The van der Waals surface area contributed by atoms with Crippen LogP contribution >= 0.6 is 21.6 Å². The molecule has 2 nitrogen and oxygen atoms in total. The van der Waals surface area contributed by atoms with Crippen molar-refractivity contribution in [3.05, 3.63) is 0 Å². The Morgan fingerprint density at radius 3 is 2.65 bits per heavy atom. The molecule has 0 aromatic carbocycles. The minimum absolute atomic E-state index is 0.0622. The second kappa shape index (κ2) is 7.09. The lowest BCUT2D eigenvalue weighted by Crippen LogP contribution is -2.34. The van der Waals surface area contributed by atoms with E-state index in [-0.39, 0.29) is 5.97 Å². The van der Waals surface area contributed by atoms with Gasteiger partial charge in [0.2, 0.25) is 0 Å². The van der Waals surface area contributed by atoms with Crippen LogP contribution in [0.4, 0.5) is 0 Å². The number of ether oxygens (including phenoxy) is 1. The SMILES string of the molecule is COC(=O)CCCC(C1CCSS1)[Si](C)(C)C. The number of hydrogen-bond donors (Lipinski definition) is 0. The predicted octanol–water partition coefficient (Wildman–Crippen LogP) is 4.19. The van der Waals surface area contributed by atoms with Crippen LogP contribution in [0.2, 0.25) is 25.2 Å². The lowest BCUT2D eigenvalue weighted by Gasteiger charge is -2.33. The first kappa shape index (κ1) is 15.4. The van der Waals surface area contributed by atoms with Gasteiger partial charge in [0.25, 0.3) is 0 Å². The standard InChI is InChI=1S/C12H24O2S2Si/c1-14-12(13)7-5-6-11(17(2,3)4)10-8-9-15-16-10/h10-11H,5-9H2,1-4H3. The summed E-state index contributed by atoms with van der Waals surface area (Å²) in [5.74, 6) is 1.24. The Balaban J connectivity index is 2.44. The summed E-state index contributed by atoms with van der Waals surface area (Å²) in [7, 11) is 4.45. The zero-order chi connectivity index (χ0) is 12.9. The highest BCUT2D eigenvalue weighted by Crippen LogP contribution is 2.48. The van der Waals surface area contributed by atoms with E-state index in [0.29, 0.717) is 6.42 Å². The van der Waals surface area contributed by atoms with E-state index >= 15 is 0 Å². The van der Waals surface area contributed by atoms with Gasteiger partial charge >= 0.3 is 5.97 Å². The first-order valence-electron chi connectivity index (χ1n) is 6.30. The normalized spacial score (nSPS) is 22.5. The molecule has 0 radical (unpaired) electrons. The van der Waals surface area contributed by atoms with Crippen molar-refractivity contribution in [3.8, 4) is 0 Å². The topological polar surface area (TPSA) is 26.3 Å². The molecule has 0 aromatic rings. The molecule has 1 heterocycles. The molecule has 0 N–H and O–H groups in total. The van der Waals surface area contributed by atoms with Gasteiger partial charge in [-0.15, -0.1) is 0 Å². The van der Waals surface area contributed by atoms with Gasteiger partial charge in [-0.1, -0.05) is 47.6 Å². The molecule has 5 heteroatoms. The van der Waals surface area contributed by atoms with E-state index in [0.717, 1.165) is 17.2 Å². The Hall–Kier alpha value is 0.387. The van der Waals surface area contributed by atoms with E-state index in [9.17, 15) is 4.79 Å². The fourth-order valence-corrected chi connectivity index (χ4v) is 9.49. The van der Waals surface area contributed by atoms with Crippen molar-refractivity contribution in [1.82, 2.24) is 0 Å². The molecular weight excluding hydrogens is 268 g/mol. The molecule has 0 aliphatic carbocycles. The summed E-state index contributed by atoms with van der Waals surface area (Å²) in [5.41, 5.74) is 0.840. The Bertz CT molecular complexity index is 247. The van der Waals surface area contributed by atoms with Gasteiger partial charge in [0.15, 0.2) is 0 Å². The molecule has 1 aliphatic rings. The highest BCUT2D eigenvalue weighted by atomic mass is 33.1. The summed E-state index contributed by atoms with van der Waals surface area (Å²) in [6.07, 6.45) is 4.12. The summed E-state index contributed by atoms with van der Waals surface area (Å²) >= 11 is 0. The molecule has 1 fully saturated rings. The molecule has 0 saturated carbocycles. The number of methoxy groups -OCH3 is 1. The first-order chi connectivity index (χ1) is 7.95. The molecule has 0 aromatic heterocycles. The molecule has 1 rings (SSSR count). The van der Waals surface area contributed by atoms with Crippen molar-refractivity contribution in [2.24, 2.45) is 0 Å². The Morgan fingerprint density at radius 2 is 2.18 bits per heavy atom. The van der Waals surface area contributed by atoms with Gasteiger partial charge in [-0.3, -0.25) is 4.79 Å². The lowest BCUT2D eigenvalue weighted by molar-refractivity contribution is -0.140. The average Bonchev–Trinajstić information content (AvgIpc) is 2.75. The zero-order valence-electron chi connectivity index (χ0n) is 11.3. The van der Waals surface area contributed by atoms with Crippen LogP contribution in [-0.2, 0) is 9.53 Å². The number of carbonyl (C=O) groups is 1. The second-order valence-corrected chi connectivity index (χ2v) is 13.9. The highest BCUT2D eigenvalue weighted by Gasteiger charge is 2.35. The minimum atomic E-state index is -1.12. The molecule has 0 amide bonds. The molecule has 2 unspecified atom stereocenters. The maximum Gasteiger partial charge on any atom is 0.305 e. The summed E-state index contributed by atoms with van der Waals surface area (Å²) < 4.78 is 4.71. The molecule has 0 bridgehead atoms. The number of rotatable bonds is 6. The molecule has 17 heavy (non-hydrogen) atoms. The predicted molar refractivity (Wildman–Crippen MR) is 81.4 cm³/mol. The van der Waals surface area contributed by atoms with Crippen molar-refractivity contribution in [2.75, 3.05) is 12.9 Å². The monoisotopic (exact) mass is 292 g/mol. The van der Waals surface area contributed by atoms with Crippen molar-refractivity contribution >= 4 is 35.6 Å². The van der Waals surface area contributed by atoms with Crippen molar-refractivity contribution in [1.29, 1.82) is 0 Å². The van der Waals surface area contributed by atoms with Gasteiger partial charge in [0.05, 0.1) is 7.11 Å². The fraction of sp³-hybridized carbons (Fsp3) is 0.917. The van der Waals surface area contributed by atoms with Gasteiger partial charge in [-0.2, -0.15) is 0 Å². The van der Waals surface area contributed by atoms with Gasteiger partial charge < -0.3 is 4.74 Å². The van der Waals surface area contributed by atoms with Crippen LogP contribution in [0.5, 0.6) is 0 Å². The van der Waals surface area contributed by atoms with Crippen molar-refractivity contribution in [2.45, 2.75) is 56.1 Å². The Morgan fingerprint density at radius 1 is 1.47 bits per heavy atom. The summed E-state index contributed by atoms with van der Waals surface area (Å²) in [4.78, 5) is 11.1. The van der Waals surface area contributed by atoms with Crippen LogP contribution in [0.1, 0.15) is 25.7 Å². The quantitative estimate of drug-likeness (QED) is 0.416. The van der Waals surface area contributed by atoms with E-state index < -0.39 is 8.07 Å². The third kappa shape index (κ3) is 5.26. The summed E-state index contributed by atoms with van der Waals surface area (Å²) in [6.45, 7) is 7.37. The first-order valence-corrected chi connectivity index (χ1v) is 12.3. The average molecular weight is 293 g/mol. The molecular formula is C12H24O2S2Si. The van der Waals surface area contributed by atoms with Crippen molar-refractivity contribution < 1.29 is 9.53 Å². The molecule has 1 saturated heterocycles. The maximum atomic E-state index is 11.1. The van der Waals surface area contributed by atoms with Gasteiger partial charge in [-0.25, -0.2) is 0 Å². The van der Waals surface area contributed by atoms with Crippen molar-refractivity contribution in [3.63, 3.8) is 0 Å². The van der Waals surface area contributed by atoms with Crippen LogP contribution < -0.4 is 0 Å². The molecule has 0 spiro atoms. The molecule has 100 valence electrons. The number of carbonyl (C=O) groups excluding carboxylic acids is 1. The van der Waals surface area contributed by atoms with Gasteiger partial charge in [-0.05, 0) is 18.4 Å². The van der Waals surface area contributed by atoms with E-state index in [4.69, 9.17) is 4.74 Å². The Kier molecular flexibility index (Phi) is 6.44. The van der Waals surface area contributed by atoms with Crippen LogP contribution in [-0.4, -0.2) is 32.2 Å². The molecule has 2 atom stereocenters.